The van der Waals surface area contributed by atoms with E-state index in [0.717, 1.165) is 45.0 Å². The van der Waals surface area contributed by atoms with Gasteiger partial charge in [-0.15, -0.1) is 0 Å². The van der Waals surface area contributed by atoms with Crippen LogP contribution < -0.4 is 5.32 Å². The van der Waals surface area contributed by atoms with Crippen molar-refractivity contribution in [3.05, 3.63) is 29.8 Å². The van der Waals surface area contributed by atoms with Crippen molar-refractivity contribution < 1.29 is 4.39 Å². The van der Waals surface area contributed by atoms with Crippen LogP contribution in [0, 0.1) is 5.82 Å². The maximum absolute atomic E-state index is 12.9. The Kier molecular flexibility index (Phi) is 5.24. The van der Waals surface area contributed by atoms with Crippen LogP contribution in [0.3, 0.4) is 0 Å². The van der Waals surface area contributed by atoms with E-state index in [4.69, 9.17) is 0 Å². The van der Waals surface area contributed by atoms with Crippen molar-refractivity contribution in [2.75, 3.05) is 46.3 Å². The first kappa shape index (κ1) is 14.4. The summed E-state index contributed by atoms with van der Waals surface area (Å²) in [5.74, 6) is -0.278. The third-order valence-corrected chi connectivity index (χ3v) is 3.82. The molecule has 106 valence electrons. The molecule has 0 spiro atoms. The van der Waals surface area contributed by atoms with Crippen molar-refractivity contribution in [1.29, 1.82) is 0 Å². The van der Waals surface area contributed by atoms with Gasteiger partial charge in [0.15, 0.2) is 0 Å². The van der Waals surface area contributed by atoms with Gasteiger partial charge in [0.05, 0.1) is 11.9 Å². The standard InChI is InChI=1S/C14H23FN4/c1-12(14-4-3-13(15)11-17-14)18(2)9-10-19-7-5-16-6-8-19/h3-4,11-12,16H,5-10H2,1-2H3. The minimum atomic E-state index is -0.278. The molecule has 0 amide bonds. The van der Waals surface area contributed by atoms with Crippen molar-refractivity contribution in [3.63, 3.8) is 0 Å². The van der Waals surface area contributed by atoms with Crippen molar-refractivity contribution in [1.82, 2.24) is 20.1 Å². The molecule has 4 nitrogen and oxygen atoms in total. The molecule has 0 radical (unpaired) electrons. The van der Waals surface area contributed by atoms with Crippen molar-refractivity contribution in [3.8, 4) is 0 Å². The van der Waals surface area contributed by atoms with Crippen LogP contribution in [-0.2, 0) is 0 Å². The average molecular weight is 266 g/mol. The highest BCUT2D eigenvalue weighted by Gasteiger charge is 2.15. The number of halogens is 1. The molecule has 1 unspecified atom stereocenters. The van der Waals surface area contributed by atoms with E-state index in [-0.39, 0.29) is 11.9 Å². The second kappa shape index (κ2) is 6.93. The lowest BCUT2D eigenvalue weighted by Gasteiger charge is -2.31. The van der Waals surface area contributed by atoms with Crippen molar-refractivity contribution >= 4 is 0 Å². The van der Waals surface area contributed by atoms with E-state index >= 15 is 0 Å². The van der Waals surface area contributed by atoms with E-state index in [1.54, 1.807) is 6.07 Å². The van der Waals surface area contributed by atoms with Gasteiger partial charge in [-0.1, -0.05) is 0 Å². The Labute approximate surface area is 114 Å². The molecule has 2 heterocycles. The van der Waals surface area contributed by atoms with E-state index in [2.05, 4.69) is 34.1 Å². The first-order chi connectivity index (χ1) is 9.16. The fraction of sp³-hybridized carbons (Fsp3) is 0.643. The predicted molar refractivity (Wildman–Crippen MR) is 74.5 cm³/mol. The molecule has 1 aromatic heterocycles. The van der Waals surface area contributed by atoms with Crippen LogP contribution in [0.5, 0.6) is 0 Å². The summed E-state index contributed by atoms with van der Waals surface area (Å²) in [6.45, 7) is 8.59. The molecule has 1 saturated heterocycles. The van der Waals surface area contributed by atoms with Crippen LogP contribution in [0.4, 0.5) is 4.39 Å². The summed E-state index contributed by atoms with van der Waals surface area (Å²) in [4.78, 5) is 8.89. The molecule has 1 fully saturated rings. The topological polar surface area (TPSA) is 31.4 Å². The molecule has 1 N–H and O–H groups in total. The Morgan fingerprint density at radius 2 is 2.16 bits per heavy atom. The molecule has 0 aliphatic carbocycles. The van der Waals surface area contributed by atoms with E-state index in [1.165, 1.54) is 12.3 Å². The maximum Gasteiger partial charge on any atom is 0.141 e. The zero-order valence-electron chi connectivity index (χ0n) is 11.8. The van der Waals surface area contributed by atoms with E-state index in [9.17, 15) is 4.39 Å². The molecule has 1 aromatic rings. The molecule has 0 saturated carbocycles. The number of nitrogens with zero attached hydrogens (tertiary/aromatic N) is 3. The zero-order chi connectivity index (χ0) is 13.7. The van der Waals surface area contributed by atoms with E-state index in [1.807, 2.05) is 0 Å². The lowest BCUT2D eigenvalue weighted by Crippen LogP contribution is -2.46. The molecule has 5 heteroatoms. The number of aromatic nitrogens is 1. The molecule has 0 bridgehead atoms. The van der Waals surface area contributed by atoms with Crippen molar-refractivity contribution in [2.24, 2.45) is 0 Å². The van der Waals surface area contributed by atoms with E-state index < -0.39 is 0 Å². The first-order valence-electron chi connectivity index (χ1n) is 6.91. The summed E-state index contributed by atoms with van der Waals surface area (Å²) >= 11 is 0. The fourth-order valence-electron chi connectivity index (χ4n) is 2.29. The SMILES string of the molecule is CC(c1ccc(F)cn1)N(C)CCN1CCNCC1. The lowest BCUT2D eigenvalue weighted by atomic mass is 10.2. The van der Waals surface area contributed by atoms with Gasteiger partial charge in [0, 0.05) is 45.3 Å². The van der Waals surface area contributed by atoms with Crippen LogP contribution in [0.1, 0.15) is 18.7 Å². The molecule has 2 rings (SSSR count). The van der Waals surface area contributed by atoms with Gasteiger partial charge in [0.2, 0.25) is 0 Å². The van der Waals surface area contributed by atoms with Gasteiger partial charge in [-0.05, 0) is 26.1 Å². The number of likely N-dealkylation sites (N-methyl/N-ethyl adjacent to an activating group) is 1. The number of pyridine rings is 1. The highest BCUT2D eigenvalue weighted by Crippen LogP contribution is 2.16. The van der Waals surface area contributed by atoms with Gasteiger partial charge >= 0.3 is 0 Å². The smallest absolute Gasteiger partial charge is 0.141 e. The van der Waals surface area contributed by atoms with Crippen LogP contribution in [0.2, 0.25) is 0 Å². The van der Waals surface area contributed by atoms with E-state index in [0.29, 0.717) is 0 Å². The van der Waals surface area contributed by atoms with Crippen LogP contribution >= 0.6 is 0 Å². The van der Waals surface area contributed by atoms with Crippen molar-refractivity contribution in [2.45, 2.75) is 13.0 Å². The normalized spacial score (nSPS) is 18.7. The predicted octanol–water partition coefficient (Wildman–Crippen LogP) is 1.12. The summed E-state index contributed by atoms with van der Waals surface area (Å²) in [6.07, 6.45) is 1.29. The Morgan fingerprint density at radius 3 is 2.79 bits per heavy atom. The second-order valence-electron chi connectivity index (χ2n) is 5.15. The molecule has 0 aromatic carbocycles. The molecule has 19 heavy (non-hydrogen) atoms. The van der Waals surface area contributed by atoms with Gasteiger partial charge in [-0.3, -0.25) is 14.8 Å². The van der Waals surface area contributed by atoms with Gasteiger partial charge < -0.3 is 5.32 Å². The number of hydrogen-bond donors (Lipinski definition) is 1. The Balaban J connectivity index is 1.81. The van der Waals surface area contributed by atoms with Gasteiger partial charge in [0.1, 0.15) is 5.82 Å². The minimum absolute atomic E-state index is 0.212. The third-order valence-electron chi connectivity index (χ3n) is 3.82. The Bertz CT molecular complexity index is 376. The summed E-state index contributed by atoms with van der Waals surface area (Å²) in [5, 5.41) is 3.36. The summed E-state index contributed by atoms with van der Waals surface area (Å²) in [5.41, 5.74) is 0.921. The number of rotatable bonds is 5. The minimum Gasteiger partial charge on any atom is -0.314 e. The zero-order valence-corrected chi connectivity index (χ0v) is 11.8. The molecular weight excluding hydrogens is 243 g/mol. The highest BCUT2D eigenvalue weighted by molar-refractivity contribution is 5.09. The third kappa shape index (κ3) is 4.23. The second-order valence-corrected chi connectivity index (χ2v) is 5.15. The fourth-order valence-corrected chi connectivity index (χ4v) is 2.29. The quantitative estimate of drug-likeness (QED) is 0.865. The van der Waals surface area contributed by atoms with Crippen LogP contribution in [-0.4, -0.2) is 61.1 Å². The van der Waals surface area contributed by atoms with Crippen LogP contribution in [0.25, 0.3) is 0 Å². The Hall–Kier alpha value is -1.04. The number of hydrogen-bond acceptors (Lipinski definition) is 4. The summed E-state index contributed by atoms with van der Waals surface area (Å²) in [6, 6.07) is 3.45. The van der Waals surface area contributed by atoms with Gasteiger partial charge in [-0.2, -0.15) is 0 Å². The van der Waals surface area contributed by atoms with Gasteiger partial charge in [-0.25, -0.2) is 4.39 Å². The summed E-state index contributed by atoms with van der Waals surface area (Å²) < 4.78 is 12.9. The van der Waals surface area contributed by atoms with Crippen LogP contribution in [0.15, 0.2) is 18.3 Å². The molecule has 1 aliphatic rings. The van der Waals surface area contributed by atoms with Gasteiger partial charge in [0.25, 0.3) is 0 Å². The largest absolute Gasteiger partial charge is 0.314 e. The number of piperazine rings is 1. The molecule has 1 atom stereocenters. The summed E-state index contributed by atoms with van der Waals surface area (Å²) in [7, 11) is 2.10. The monoisotopic (exact) mass is 266 g/mol. The lowest BCUT2D eigenvalue weighted by molar-refractivity contribution is 0.181. The highest BCUT2D eigenvalue weighted by atomic mass is 19.1. The first-order valence-corrected chi connectivity index (χ1v) is 6.91. The average Bonchev–Trinajstić information content (AvgIpc) is 2.46. The maximum atomic E-state index is 12.9. The molecule has 1 aliphatic heterocycles. The number of nitrogens with one attached hydrogen (secondary N) is 1. The Morgan fingerprint density at radius 1 is 1.42 bits per heavy atom. The molecular formula is C14H23FN4.